The number of halogens is 3. The molecule has 8 heteroatoms. The van der Waals surface area contributed by atoms with E-state index in [4.69, 9.17) is 9.47 Å². The topological polar surface area (TPSA) is 47.6 Å². The summed E-state index contributed by atoms with van der Waals surface area (Å²) in [5.74, 6) is -0.634. The number of hydrogen-bond acceptors (Lipinski definition) is 4. The molecule has 1 atom stereocenters. The summed E-state index contributed by atoms with van der Waals surface area (Å²) in [6.45, 7) is 0.879. The van der Waals surface area contributed by atoms with Crippen LogP contribution < -0.4 is 5.32 Å². The first-order valence-electron chi connectivity index (χ1n) is 4.67. The number of hydrogen-bond donors (Lipinski definition) is 1. The molecule has 1 unspecified atom stereocenters. The molecule has 94 valence electrons. The van der Waals surface area contributed by atoms with Crippen molar-refractivity contribution in [3.63, 3.8) is 0 Å². The average Bonchev–Trinajstić information content (AvgIpc) is 2.24. The van der Waals surface area contributed by atoms with Gasteiger partial charge in [-0.3, -0.25) is 4.79 Å². The SMILES string of the molecule is O=C(NCCSC(F)(F)F)C1COCCO1. The Morgan fingerprint density at radius 2 is 2.19 bits per heavy atom. The van der Waals surface area contributed by atoms with E-state index in [-0.39, 0.29) is 30.7 Å². The fourth-order valence-corrected chi connectivity index (χ4v) is 1.53. The fraction of sp³-hybridized carbons (Fsp3) is 0.875. The summed E-state index contributed by atoms with van der Waals surface area (Å²) < 4.78 is 45.3. The summed E-state index contributed by atoms with van der Waals surface area (Å²) in [5, 5.41) is 2.36. The molecular weight excluding hydrogens is 247 g/mol. The van der Waals surface area contributed by atoms with Crippen LogP contribution in [0, 0.1) is 0 Å². The Hall–Kier alpha value is -0.470. The van der Waals surface area contributed by atoms with Crippen molar-refractivity contribution in [2.24, 2.45) is 0 Å². The Balaban J connectivity index is 2.10. The number of carbonyl (C=O) groups excluding carboxylic acids is 1. The van der Waals surface area contributed by atoms with Gasteiger partial charge in [-0.1, -0.05) is 0 Å². The lowest BCUT2D eigenvalue weighted by molar-refractivity contribution is -0.147. The van der Waals surface area contributed by atoms with E-state index in [1.165, 1.54) is 0 Å². The predicted molar refractivity (Wildman–Crippen MR) is 52.1 cm³/mol. The number of ether oxygens (including phenoxy) is 2. The van der Waals surface area contributed by atoms with Gasteiger partial charge in [0.25, 0.3) is 5.91 Å². The van der Waals surface area contributed by atoms with Crippen molar-refractivity contribution in [2.45, 2.75) is 11.6 Å². The Bertz CT molecular complexity index is 231. The zero-order valence-corrected chi connectivity index (χ0v) is 9.20. The van der Waals surface area contributed by atoms with Gasteiger partial charge >= 0.3 is 5.51 Å². The minimum atomic E-state index is -4.25. The van der Waals surface area contributed by atoms with Crippen molar-refractivity contribution >= 4 is 17.7 Å². The van der Waals surface area contributed by atoms with Crippen molar-refractivity contribution in [1.29, 1.82) is 0 Å². The molecule has 0 aromatic heterocycles. The van der Waals surface area contributed by atoms with Gasteiger partial charge in [-0.05, 0) is 11.8 Å². The Morgan fingerprint density at radius 1 is 1.44 bits per heavy atom. The van der Waals surface area contributed by atoms with E-state index in [0.29, 0.717) is 13.2 Å². The minimum absolute atomic E-state index is 0.0388. The number of carbonyl (C=O) groups is 1. The molecule has 1 saturated heterocycles. The zero-order chi connectivity index (χ0) is 12.0. The van der Waals surface area contributed by atoms with Gasteiger partial charge in [-0.25, -0.2) is 0 Å². The van der Waals surface area contributed by atoms with Gasteiger partial charge in [0.15, 0.2) is 6.10 Å². The van der Waals surface area contributed by atoms with E-state index < -0.39 is 17.5 Å². The molecule has 0 aromatic rings. The maximum Gasteiger partial charge on any atom is 0.441 e. The van der Waals surface area contributed by atoms with Gasteiger partial charge in [0.05, 0.1) is 19.8 Å². The van der Waals surface area contributed by atoms with Crippen LogP contribution in [0.3, 0.4) is 0 Å². The number of thioether (sulfide) groups is 1. The van der Waals surface area contributed by atoms with Gasteiger partial charge in [-0.2, -0.15) is 13.2 Å². The summed E-state index contributed by atoms with van der Waals surface area (Å²) in [6.07, 6.45) is -0.704. The van der Waals surface area contributed by atoms with Crippen LogP contribution >= 0.6 is 11.8 Å². The maximum atomic E-state index is 11.7. The number of amides is 1. The van der Waals surface area contributed by atoms with Crippen LogP contribution in [-0.4, -0.2) is 49.6 Å². The van der Waals surface area contributed by atoms with Gasteiger partial charge in [-0.15, -0.1) is 0 Å². The van der Waals surface area contributed by atoms with E-state index in [1.807, 2.05) is 0 Å². The molecule has 0 aliphatic carbocycles. The third-order valence-corrected chi connectivity index (χ3v) is 2.51. The Kier molecular flexibility index (Phi) is 5.36. The van der Waals surface area contributed by atoms with Gasteiger partial charge in [0.1, 0.15) is 0 Å². The molecule has 1 amide bonds. The van der Waals surface area contributed by atoms with E-state index in [0.717, 1.165) is 0 Å². The zero-order valence-electron chi connectivity index (χ0n) is 8.38. The molecule has 1 N–H and O–H groups in total. The Morgan fingerprint density at radius 3 is 2.75 bits per heavy atom. The normalized spacial score (nSPS) is 21.8. The van der Waals surface area contributed by atoms with Crippen molar-refractivity contribution < 1.29 is 27.4 Å². The van der Waals surface area contributed by atoms with Crippen molar-refractivity contribution in [2.75, 3.05) is 32.1 Å². The van der Waals surface area contributed by atoms with Crippen molar-refractivity contribution in [1.82, 2.24) is 5.32 Å². The molecule has 1 heterocycles. The van der Waals surface area contributed by atoms with Crippen molar-refractivity contribution in [3.05, 3.63) is 0 Å². The van der Waals surface area contributed by atoms with E-state index >= 15 is 0 Å². The second-order valence-corrected chi connectivity index (χ2v) is 4.18. The molecule has 1 aliphatic heterocycles. The van der Waals surface area contributed by atoms with E-state index in [2.05, 4.69) is 5.32 Å². The minimum Gasteiger partial charge on any atom is -0.376 e. The van der Waals surface area contributed by atoms with Crippen LogP contribution in [-0.2, 0) is 14.3 Å². The summed E-state index contributed by atoms with van der Waals surface area (Å²) in [6, 6.07) is 0. The summed E-state index contributed by atoms with van der Waals surface area (Å²) in [7, 11) is 0. The van der Waals surface area contributed by atoms with Crippen LogP contribution in [0.15, 0.2) is 0 Å². The summed E-state index contributed by atoms with van der Waals surface area (Å²) in [5.41, 5.74) is -4.25. The number of nitrogens with one attached hydrogen (secondary N) is 1. The van der Waals surface area contributed by atoms with Gasteiger partial charge < -0.3 is 14.8 Å². The highest BCUT2D eigenvalue weighted by atomic mass is 32.2. The van der Waals surface area contributed by atoms with E-state index in [1.54, 1.807) is 0 Å². The van der Waals surface area contributed by atoms with Gasteiger partial charge in [0, 0.05) is 12.3 Å². The number of rotatable bonds is 4. The van der Waals surface area contributed by atoms with Crippen LogP contribution in [0.2, 0.25) is 0 Å². The van der Waals surface area contributed by atoms with Crippen molar-refractivity contribution in [3.8, 4) is 0 Å². The molecule has 0 spiro atoms. The molecule has 1 fully saturated rings. The predicted octanol–water partition coefficient (Wildman–Crippen LogP) is 0.771. The van der Waals surface area contributed by atoms with Crippen LogP contribution in [0.4, 0.5) is 13.2 Å². The third-order valence-electron chi connectivity index (χ3n) is 1.78. The lowest BCUT2D eigenvalue weighted by Gasteiger charge is -2.21. The first-order valence-corrected chi connectivity index (χ1v) is 5.65. The smallest absolute Gasteiger partial charge is 0.376 e. The number of alkyl halides is 3. The standard InChI is InChI=1S/C8H12F3NO3S/c9-8(10,11)16-4-1-12-7(13)6-5-14-2-3-15-6/h6H,1-5H2,(H,12,13). The summed E-state index contributed by atoms with van der Waals surface area (Å²) in [4.78, 5) is 11.3. The lowest BCUT2D eigenvalue weighted by Crippen LogP contribution is -2.43. The monoisotopic (exact) mass is 259 g/mol. The third kappa shape index (κ3) is 5.57. The van der Waals surface area contributed by atoms with Crippen LogP contribution in [0.1, 0.15) is 0 Å². The first kappa shape index (κ1) is 13.6. The molecule has 16 heavy (non-hydrogen) atoms. The second kappa shape index (κ2) is 6.31. The largest absolute Gasteiger partial charge is 0.441 e. The molecule has 0 radical (unpaired) electrons. The molecule has 1 rings (SSSR count). The molecule has 1 aliphatic rings. The lowest BCUT2D eigenvalue weighted by atomic mass is 10.3. The average molecular weight is 259 g/mol. The fourth-order valence-electron chi connectivity index (χ4n) is 1.09. The highest BCUT2D eigenvalue weighted by Crippen LogP contribution is 2.29. The molecule has 4 nitrogen and oxygen atoms in total. The Labute approximate surface area is 94.8 Å². The summed E-state index contributed by atoms with van der Waals surface area (Å²) >= 11 is -0.165. The molecule has 0 saturated carbocycles. The highest BCUT2D eigenvalue weighted by Gasteiger charge is 2.28. The van der Waals surface area contributed by atoms with Crippen LogP contribution in [0.5, 0.6) is 0 Å². The molecule has 0 aromatic carbocycles. The first-order chi connectivity index (χ1) is 7.49. The maximum absolute atomic E-state index is 11.7. The highest BCUT2D eigenvalue weighted by molar-refractivity contribution is 8.00. The molecule has 0 bridgehead atoms. The van der Waals surface area contributed by atoms with E-state index in [9.17, 15) is 18.0 Å². The second-order valence-electron chi connectivity index (χ2n) is 3.02. The van der Waals surface area contributed by atoms with Gasteiger partial charge in [0.2, 0.25) is 0 Å². The van der Waals surface area contributed by atoms with Crippen LogP contribution in [0.25, 0.3) is 0 Å². The molecular formula is C8H12F3NO3S. The quantitative estimate of drug-likeness (QED) is 0.758.